The average molecular weight is 178 g/mol. The first-order chi connectivity index (χ1) is 5.54. The maximum atomic E-state index is 9.05. The maximum absolute atomic E-state index is 9.05. The summed E-state index contributed by atoms with van der Waals surface area (Å²) in [6, 6.07) is 0. The highest BCUT2D eigenvalue weighted by Crippen LogP contribution is 2.04. The van der Waals surface area contributed by atoms with Gasteiger partial charge in [-0.1, -0.05) is 6.08 Å². The molecule has 0 saturated carbocycles. The summed E-state index contributed by atoms with van der Waals surface area (Å²) in [4.78, 5) is 0. The van der Waals surface area contributed by atoms with E-state index < -0.39 is 31.0 Å². The molecule has 0 aliphatic rings. The van der Waals surface area contributed by atoms with Crippen LogP contribution in [0.4, 0.5) is 0 Å². The van der Waals surface area contributed by atoms with Crippen molar-refractivity contribution in [2.24, 2.45) is 0 Å². The van der Waals surface area contributed by atoms with Gasteiger partial charge in [0.25, 0.3) is 0 Å². The van der Waals surface area contributed by atoms with E-state index >= 15 is 0 Å². The van der Waals surface area contributed by atoms with Gasteiger partial charge in [0.15, 0.2) is 0 Å². The summed E-state index contributed by atoms with van der Waals surface area (Å²) in [5, 5.41) is 44.2. The van der Waals surface area contributed by atoms with E-state index in [1.165, 1.54) is 0 Å². The van der Waals surface area contributed by atoms with E-state index in [2.05, 4.69) is 6.58 Å². The maximum Gasteiger partial charge on any atom is 0.112 e. The molecule has 5 heteroatoms. The van der Waals surface area contributed by atoms with Crippen LogP contribution >= 0.6 is 0 Å². The molecule has 0 aliphatic carbocycles. The van der Waals surface area contributed by atoms with Gasteiger partial charge in [0.2, 0.25) is 0 Å². The van der Waals surface area contributed by atoms with E-state index in [1.807, 2.05) is 0 Å². The Morgan fingerprint density at radius 1 is 1.08 bits per heavy atom. The molecule has 0 bridgehead atoms. The van der Waals surface area contributed by atoms with Crippen molar-refractivity contribution in [2.45, 2.75) is 24.4 Å². The Kier molecular flexibility index (Phi) is 5.03. The largest absolute Gasteiger partial charge is 0.394 e. The van der Waals surface area contributed by atoms with Gasteiger partial charge in [-0.05, 0) is 0 Å². The Hall–Kier alpha value is -0.460. The summed E-state index contributed by atoms with van der Waals surface area (Å²) in [7, 11) is 0. The summed E-state index contributed by atoms with van der Waals surface area (Å²) in [5.41, 5.74) is 0. The molecule has 0 saturated heterocycles. The van der Waals surface area contributed by atoms with E-state index in [9.17, 15) is 0 Å². The normalized spacial score (nSPS) is 21.1. The lowest BCUT2D eigenvalue weighted by Crippen LogP contribution is -2.45. The zero-order valence-electron chi connectivity index (χ0n) is 6.54. The molecule has 5 nitrogen and oxygen atoms in total. The minimum absolute atomic E-state index is 0.678. The second-order valence-corrected chi connectivity index (χ2v) is 2.46. The van der Waals surface area contributed by atoms with Crippen molar-refractivity contribution in [2.75, 3.05) is 6.61 Å². The van der Waals surface area contributed by atoms with Crippen LogP contribution in [0.2, 0.25) is 0 Å². The SMILES string of the molecule is C=C[C@H](O)[C@H](O)[C@@H](O)[C@H](O)CO. The van der Waals surface area contributed by atoms with Crippen LogP contribution in [0.15, 0.2) is 12.7 Å². The Labute approximate surface area is 70.2 Å². The van der Waals surface area contributed by atoms with Crippen molar-refractivity contribution in [1.82, 2.24) is 0 Å². The van der Waals surface area contributed by atoms with Gasteiger partial charge in [0, 0.05) is 0 Å². The number of aliphatic hydroxyl groups excluding tert-OH is 5. The monoisotopic (exact) mass is 178 g/mol. The fraction of sp³-hybridized carbons (Fsp3) is 0.714. The fourth-order valence-corrected chi connectivity index (χ4v) is 0.677. The molecule has 4 atom stereocenters. The summed E-state index contributed by atoms with van der Waals surface area (Å²) >= 11 is 0. The molecule has 0 amide bonds. The molecule has 0 heterocycles. The molecule has 0 rings (SSSR count). The van der Waals surface area contributed by atoms with Crippen LogP contribution in [0, 0.1) is 0 Å². The molecule has 0 aromatic heterocycles. The van der Waals surface area contributed by atoms with Crippen LogP contribution in [0.1, 0.15) is 0 Å². The summed E-state index contributed by atoms with van der Waals surface area (Å²) in [6.45, 7) is 2.51. The van der Waals surface area contributed by atoms with Crippen molar-refractivity contribution < 1.29 is 25.5 Å². The second-order valence-electron chi connectivity index (χ2n) is 2.46. The highest BCUT2D eigenvalue weighted by Gasteiger charge is 2.28. The molecular formula is C7H14O5. The van der Waals surface area contributed by atoms with Crippen LogP contribution in [-0.4, -0.2) is 56.6 Å². The number of hydrogen-bond acceptors (Lipinski definition) is 5. The van der Waals surface area contributed by atoms with Gasteiger partial charge in [-0.25, -0.2) is 0 Å². The Morgan fingerprint density at radius 2 is 1.58 bits per heavy atom. The quantitative estimate of drug-likeness (QED) is 0.302. The van der Waals surface area contributed by atoms with Gasteiger partial charge >= 0.3 is 0 Å². The fourth-order valence-electron chi connectivity index (χ4n) is 0.677. The third kappa shape index (κ3) is 2.88. The van der Waals surface area contributed by atoms with Gasteiger partial charge < -0.3 is 25.5 Å². The smallest absolute Gasteiger partial charge is 0.112 e. The van der Waals surface area contributed by atoms with Crippen LogP contribution < -0.4 is 0 Å². The minimum Gasteiger partial charge on any atom is -0.394 e. The first-order valence-electron chi connectivity index (χ1n) is 3.50. The molecule has 0 unspecified atom stereocenters. The highest BCUT2D eigenvalue weighted by molar-refractivity contribution is 4.90. The van der Waals surface area contributed by atoms with Crippen molar-refractivity contribution in [3.8, 4) is 0 Å². The van der Waals surface area contributed by atoms with E-state index in [4.69, 9.17) is 25.5 Å². The second kappa shape index (κ2) is 5.23. The standard InChI is InChI=1S/C7H14O5/c1-2-4(9)6(11)7(12)5(10)3-8/h2,4-12H,1,3H2/t4-,5+,6-,7-/m0/s1. The van der Waals surface area contributed by atoms with Crippen molar-refractivity contribution >= 4 is 0 Å². The molecule has 12 heavy (non-hydrogen) atoms. The molecule has 72 valence electrons. The molecule has 0 aromatic carbocycles. The van der Waals surface area contributed by atoms with Gasteiger partial charge in [0.1, 0.15) is 24.4 Å². The Balaban J connectivity index is 4.07. The molecule has 0 radical (unpaired) electrons. The number of rotatable bonds is 5. The first-order valence-corrected chi connectivity index (χ1v) is 3.50. The lowest BCUT2D eigenvalue weighted by Gasteiger charge is -2.23. The highest BCUT2D eigenvalue weighted by atomic mass is 16.4. The van der Waals surface area contributed by atoms with Crippen LogP contribution in [0.25, 0.3) is 0 Å². The Bertz CT molecular complexity index is 138. The molecular weight excluding hydrogens is 164 g/mol. The summed E-state index contributed by atoms with van der Waals surface area (Å²) < 4.78 is 0. The summed E-state index contributed by atoms with van der Waals surface area (Å²) in [5.74, 6) is 0. The number of hydrogen-bond donors (Lipinski definition) is 5. The number of aliphatic hydroxyl groups is 5. The lowest BCUT2D eigenvalue weighted by molar-refractivity contribution is -0.104. The lowest BCUT2D eigenvalue weighted by atomic mass is 10.0. The van der Waals surface area contributed by atoms with Crippen LogP contribution in [-0.2, 0) is 0 Å². The average Bonchev–Trinajstić information content (AvgIpc) is 2.12. The topological polar surface area (TPSA) is 101 Å². The molecule has 0 aromatic rings. The molecule has 0 aliphatic heterocycles. The van der Waals surface area contributed by atoms with Crippen LogP contribution in [0.3, 0.4) is 0 Å². The van der Waals surface area contributed by atoms with E-state index in [0.29, 0.717) is 0 Å². The zero-order valence-corrected chi connectivity index (χ0v) is 6.54. The predicted octanol–water partition coefficient (Wildman–Crippen LogP) is -2.39. The molecule has 5 N–H and O–H groups in total. The van der Waals surface area contributed by atoms with E-state index in [1.54, 1.807) is 0 Å². The van der Waals surface area contributed by atoms with Gasteiger partial charge in [-0.15, -0.1) is 6.58 Å². The predicted molar refractivity (Wildman–Crippen MR) is 41.3 cm³/mol. The van der Waals surface area contributed by atoms with E-state index in [-0.39, 0.29) is 0 Å². The van der Waals surface area contributed by atoms with Gasteiger partial charge in [-0.3, -0.25) is 0 Å². The Morgan fingerprint density at radius 3 is 1.92 bits per heavy atom. The molecule has 0 spiro atoms. The van der Waals surface area contributed by atoms with Crippen molar-refractivity contribution in [3.63, 3.8) is 0 Å². The molecule has 0 fully saturated rings. The summed E-state index contributed by atoms with van der Waals surface area (Å²) in [6.07, 6.45) is -4.87. The van der Waals surface area contributed by atoms with E-state index in [0.717, 1.165) is 6.08 Å². The minimum atomic E-state index is -1.58. The third-order valence-electron chi connectivity index (χ3n) is 1.52. The zero-order chi connectivity index (χ0) is 9.72. The van der Waals surface area contributed by atoms with Crippen molar-refractivity contribution in [3.05, 3.63) is 12.7 Å². The van der Waals surface area contributed by atoms with Gasteiger partial charge in [0.05, 0.1) is 6.61 Å². The first kappa shape index (κ1) is 11.5. The van der Waals surface area contributed by atoms with Crippen LogP contribution in [0.5, 0.6) is 0 Å². The van der Waals surface area contributed by atoms with Crippen molar-refractivity contribution in [1.29, 1.82) is 0 Å². The van der Waals surface area contributed by atoms with Gasteiger partial charge in [-0.2, -0.15) is 0 Å². The third-order valence-corrected chi connectivity index (χ3v) is 1.52.